The molecule has 0 amide bonds. The second kappa shape index (κ2) is 5.71. The molecule has 1 aromatic rings. The van der Waals surface area contributed by atoms with Gasteiger partial charge in [0.15, 0.2) is 0 Å². The van der Waals surface area contributed by atoms with Crippen LogP contribution in [0.2, 0.25) is 0 Å². The molecule has 18 heavy (non-hydrogen) atoms. The van der Waals surface area contributed by atoms with Gasteiger partial charge in [-0.3, -0.25) is 0 Å². The first-order valence-corrected chi connectivity index (χ1v) is 7.98. The lowest BCUT2D eigenvalue weighted by Crippen LogP contribution is -2.25. The lowest BCUT2D eigenvalue weighted by Gasteiger charge is -2.07. The number of fused-ring (bicyclic) bond motifs is 1. The zero-order chi connectivity index (χ0) is 13.0. The quantitative estimate of drug-likeness (QED) is 0.857. The summed E-state index contributed by atoms with van der Waals surface area (Å²) in [5, 5.41) is 0. The average Bonchev–Trinajstić information content (AvgIpc) is 2.81. The van der Waals surface area contributed by atoms with Crippen molar-refractivity contribution in [1.82, 2.24) is 4.72 Å². The van der Waals surface area contributed by atoms with E-state index in [-0.39, 0.29) is 5.75 Å². The van der Waals surface area contributed by atoms with E-state index < -0.39 is 10.0 Å². The van der Waals surface area contributed by atoms with Crippen LogP contribution in [0.25, 0.3) is 0 Å². The maximum absolute atomic E-state index is 11.7. The van der Waals surface area contributed by atoms with E-state index in [9.17, 15) is 8.42 Å². The molecule has 0 aliphatic carbocycles. The Labute approximate surface area is 108 Å². The van der Waals surface area contributed by atoms with Crippen LogP contribution in [0.1, 0.15) is 30.9 Å². The highest BCUT2D eigenvalue weighted by molar-refractivity contribution is 7.89. The minimum absolute atomic E-state index is 0.206. The Bertz CT molecular complexity index is 511. The van der Waals surface area contributed by atoms with Crippen molar-refractivity contribution in [2.75, 3.05) is 12.4 Å². The third-order valence-electron chi connectivity index (χ3n) is 3.02. The number of unbranched alkanes of at least 4 members (excludes halogenated alkanes) is 1. The van der Waals surface area contributed by atoms with Gasteiger partial charge in [0.25, 0.3) is 0 Å². The predicted octanol–water partition coefficient (Wildman–Crippen LogP) is 1.84. The SMILES string of the molecule is CCCCS(=O)(=O)NCc1ccc2c(c1)CCO2. The highest BCUT2D eigenvalue weighted by Crippen LogP contribution is 2.25. The van der Waals surface area contributed by atoms with Crippen LogP contribution in [-0.4, -0.2) is 20.8 Å². The zero-order valence-electron chi connectivity index (χ0n) is 10.6. The molecule has 1 N–H and O–H groups in total. The van der Waals surface area contributed by atoms with Gasteiger partial charge in [0.05, 0.1) is 12.4 Å². The highest BCUT2D eigenvalue weighted by atomic mass is 32.2. The van der Waals surface area contributed by atoms with E-state index in [1.54, 1.807) is 0 Å². The lowest BCUT2D eigenvalue weighted by atomic mass is 10.1. The van der Waals surface area contributed by atoms with E-state index in [0.29, 0.717) is 13.0 Å². The van der Waals surface area contributed by atoms with Gasteiger partial charge in [0, 0.05) is 13.0 Å². The molecule has 0 saturated heterocycles. The first-order valence-electron chi connectivity index (χ1n) is 6.32. The summed E-state index contributed by atoms with van der Waals surface area (Å²) in [6.07, 6.45) is 2.50. The van der Waals surface area contributed by atoms with Crippen LogP contribution in [0.5, 0.6) is 5.75 Å². The van der Waals surface area contributed by atoms with Gasteiger partial charge in [0.1, 0.15) is 5.75 Å². The van der Waals surface area contributed by atoms with Gasteiger partial charge in [0.2, 0.25) is 10.0 Å². The van der Waals surface area contributed by atoms with Gasteiger partial charge in [-0.15, -0.1) is 0 Å². The molecule has 1 aliphatic heterocycles. The van der Waals surface area contributed by atoms with Crippen LogP contribution in [0.4, 0.5) is 0 Å². The third-order valence-corrected chi connectivity index (χ3v) is 4.43. The largest absolute Gasteiger partial charge is 0.493 e. The Balaban J connectivity index is 1.94. The maximum Gasteiger partial charge on any atom is 0.211 e. The van der Waals surface area contributed by atoms with Crippen molar-refractivity contribution in [3.8, 4) is 5.75 Å². The van der Waals surface area contributed by atoms with E-state index >= 15 is 0 Å². The molecule has 2 rings (SSSR count). The summed E-state index contributed by atoms with van der Waals surface area (Å²) < 4.78 is 31.4. The summed E-state index contributed by atoms with van der Waals surface area (Å²) in [7, 11) is -3.14. The first kappa shape index (κ1) is 13.4. The van der Waals surface area contributed by atoms with Crippen LogP contribution >= 0.6 is 0 Å². The Morgan fingerprint density at radius 3 is 3.00 bits per heavy atom. The summed E-state index contributed by atoms with van der Waals surface area (Å²) in [5.41, 5.74) is 2.15. The molecule has 100 valence electrons. The molecule has 1 aromatic carbocycles. The molecule has 1 aliphatic rings. The van der Waals surface area contributed by atoms with Crippen LogP contribution in [0.3, 0.4) is 0 Å². The molecular formula is C13H19NO3S. The Kier molecular flexibility index (Phi) is 4.24. The minimum atomic E-state index is -3.14. The van der Waals surface area contributed by atoms with Crippen molar-refractivity contribution in [1.29, 1.82) is 0 Å². The molecule has 0 spiro atoms. The Hall–Kier alpha value is -1.07. The van der Waals surface area contributed by atoms with E-state index in [2.05, 4.69) is 4.72 Å². The molecule has 0 atom stereocenters. The fraction of sp³-hybridized carbons (Fsp3) is 0.538. The molecule has 0 bridgehead atoms. The van der Waals surface area contributed by atoms with Gasteiger partial charge in [-0.25, -0.2) is 13.1 Å². The highest BCUT2D eigenvalue weighted by Gasteiger charge is 2.13. The van der Waals surface area contributed by atoms with Gasteiger partial charge in [-0.1, -0.05) is 25.5 Å². The number of hydrogen-bond donors (Lipinski definition) is 1. The number of benzene rings is 1. The van der Waals surface area contributed by atoms with Gasteiger partial charge in [-0.2, -0.15) is 0 Å². The second-order valence-electron chi connectivity index (χ2n) is 4.53. The van der Waals surface area contributed by atoms with Crippen molar-refractivity contribution in [3.05, 3.63) is 29.3 Å². The molecule has 0 unspecified atom stereocenters. The zero-order valence-corrected chi connectivity index (χ0v) is 11.4. The van der Waals surface area contributed by atoms with E-state index in [1.165, 1.54) is 5.56 Å². The molecule has 0 aromatic heterocycles. The average molecular weight is 269 g/mol. The summed E-state index contributed by atoms with van der Waals surface area (Å²) in [6.45, 7) is 3.07. The van der Waals surface area contributed by atoms with Gasteiger partial charge < -0.3 is 4.74 Å². The topological polar surface area (TPSA) is 55.4 Å². The first-order chi connectivity index (χ1) is 8.61. The lowest BCUT2D eigenvalue weighted by molar-refractivity contribution is 0.357. The number of nitrogens with one attached hydrogen (secondary N) is 1. The predicted molar refractivity (Wildman–Crippen MR) is 71.2 cm³/mol. The standard InChI is InChI=1S/C13H19NO3S/c1-2-3-8-18(15,16)14-10-11-4-5-13-12(9-11)6-7-17-13/h4-5,9,14H,2-3,6-8,10H2,1H3. The van der Waals surface area contributed by atoms with Crippen LogP contribution in [0, 0.1) is 0 Å². The molecule has 0 saturated carbocycles. The summed E-state index contributed by atoms with van der Waals surface area (Å²) >= 11 is 0. The Morgan fingerprint density at radius 2 is 2.22 bits per heavy atom. The van der Waals surface area contributed by atoms with Crippen molar-refractivity contribution in [3.63, 3.8) is 0 Å². The third kappa shape index (κ3) is 3.46. The minimum Gasteiger partial charge on any atom is -0.493 e. The van der Waals surface area contributed by atoms with Crippen molar-refractivity contribution in [2.24, 2.45) is 0 Å². The monoisotopic (exact) mass is 269 g/mol. The number of ether oxygens (including phenoxy) is 1. The van der Waals surface area contributed by atoms with E-state index in [4.69, 9.17) is 4.74 Å². The molecule has 0 radical (unpaired) electrons. The van der Waals surface area contributed by atoms with Gasteiger partial charge in [-0.05, 0) is 23.6 Å². The second-order valence-corrected chi connectivity index (χ2v) is 6.46. The molecule has 1 heterocycles. The van der Waals surface area contributed by atoms with E-state index in [0.717, 1.165) is 30.8 Å². The molecule has 0 fully saturated rings. The van der Waals surface area contributed by atoms with Crippen LogP contribution in [0.15, 0.2) is 18.2 Å². The van der Waals surface area contributed by atoms with Crippen LogP contribution < -0.4 is 9.46 Å². The maximum atomic E-state index is 11.7. The molecular weight excluding hydrogens is 250 g/mol. The number of sulfonamides is 1. The fourth-order valence-electron chi connectivity index (χ4n) is 1.95. The van der Waals surface area contributed by atoms with Crippen molar-refractivity contribution in [2.45, 2.75) is 32.7 Å². The molecule has 5 heteroatoms. The normalized spacial score (nSPS) is 14.3. The van der Waals surface area contributed by atoms with Gasteiger partial charge >= 0.3 is 0 Å². The molecule has 4 nitrogen and oxygen atoms in total. The van der Waals surface area contributed by atoms with Crippen LogP contribution in [-0.2, 0) is 23.0 Å². The van der Waals surface area contributed by atoms with Crippen molar-refractivity contribution >= 4 is 10.0 Å². The van der Waals surface area contributed by atoms with Crippen molar-refractivity contribution < 1.29 is 13.2 Å². The fourth-order valence-corrected chi connectivity index (χ4v) is 3.15. The van der Waals surface area contributed by atoms with E-state index in [1.807, 2.05) is 25.1 Å². The number of rotatable bonds is 6. The summed E-state index contributed by atoms with van der Waals surface area (Å²) in [5.74, 6) is 1.13. The number of hydrogen-bond acceptors (Lipinski definition) is 3. The smallest absolute Gasteiger partial charge is 0.211 e. The summed E-state index contributed by atoms with van der Waals surface area (Å²) in [6, 6.07) is 5.84. The summed E-state index contributed by atoms with van der Waals surface area (Å²) in [4.78, 5) is 0. The Morgan fingerprint density at radius 1 is 1.39 bits per heavy atom.